The van der Waals surface area contributed by atoms with Crippen molar-refractivity contribution in [3.8, 4) is 16.9 Å². The molecule has 0 bridgehead atoms. The Morgan fingerprint density at radius 2 is 1.69 bits per heavy atom. The zero-order chi connectivity index (χ0) is 28.3. The van der Waals surface area contributed by atoms with Gasteiger partial charge in [0.25, 0.3) is 0 Å². The predicted molar refractivity (Wildman–Crippen MR) is 151 cm³/mol. The van der Waals surface area contributed by atoms with Gasteiger partial charge < -0.3 is 26.4 Å². The first-order valence-electron chi connectivity index (χ1n) is 12.8. The van der Waals surface area contributed by atoms with Crippen LogP contribution in [0.5, 0.6) is 5.75 Å². The average molecular weight is 527 g/mol. The Morgan fingerprint density at radius 3 is 2.36 bits per heavy atom. The lowest BCUT2D eigenvalue weighted by Gasteiger charge is -2.33. The van der Waals surface area contributed by atoms with Crippen LogP contribution in [-0.2, 0) is 34.7 Å². The number of hydrogen-bond donors (Lipinski definition) is 4. The SMILES string of the molecule is CC1=C(C(=O)O)CC(C(=O)O)(c2cccc(CN)c2COc2cc(C)c(-c3cccc(CN)c3)cc2C)C=C1. The number of rotatable bonds is 9. The van der Waals surface area contributed by atoms with Gasteiger partial charge in [-0.3, -0.25) is 4.79 Å². The minimum Gasteiger partial charge on any atom is -0.489 e. The molecular weight excluding hydrogens is 492 g/mol. The maximum atomic E-state index is 12.7. The monoisotopic (exact) mass is 526 g/mol. The molecular formula is C32H34N2O5. The van der Waals surface area contributed by atoms with Crippen LogP contribution in [0.3, 0.4) is 0 Å². The first-order valence-corrected chi connectivity index (χ1v) is 12.8. The summed E-state index contributed by atoms with van der Waals surface area (Å²) in [6.45, 7) is 6.39. The standard InChI is InChI=1S/C32H34N2O5/c1-19-10-11-32(31(37)38,15-26(19)30(35)36)28-9-5-8-24(17-34)27(28)18-39-29-13-20(2)25(12-21(29)3)23-7-4-6-22(14-23)16-33/h4-14H,15-18,33-34H2,1-3H3,(H,35,36)(H,37,38). The van der Waals surface area contributed by atoms with E-state index < -0.39 is 17.4 Å². The molecule has 0 aliphatic heterocycles. The third-order valence-electron chi connectivity index (χ3n) is 7.53. The smallest absolute Gasteiger partial charge is 0.331 e. The third kappa shape index (κ3) is 5.37. The Kier molecular flexibility index (Phi) is 8.04. The number of carboxylic acid groups (broad SMARTS) is 2. The summed E-state index contributed by atoms with van der Waals surface area (Å²) >= 11 is 0. The van der Waals surface area contributed by atoms with Gasteiger partial charge in [0.05, 0.1) is 0 Å². The zero-order valence-electron chi connectivity index (χ0n) is 22.5. The van der Waals surface area contributed by atoms with Gasteiger partial charge in [-0.05, 0) is 89.1 Å². The lowest BCUT2D eigenvalue weighted by Crippen LogP contribution is -2.38. The second-order valence-corrected chi connectivity index (χ2v) is 10.0. The molecule has 7 heteroatoms. The van der Waals surface area contributed by atoms with Crippen LogP contribution in [0.1, 0.15) is 46.7 Å². The van der Waals surface area contributed by atoms with E-state index in [2.05, 4.69) is 18.2 Å². The molecule has 0 saturated heterocycles. The fourth-order valence-corrected chi connectivity index (χ4v) is 5.22. The first kappa shape index (κ1) is 27.8. The van der Waals surface area contributed by atoms with Crippen LogP contribution in [0.25, 0.3) is 11.1 Å². The zero-order valence-corrected chi connectivity index (χ0v) is 22.5. The maximum absolute atomic E-state index is 12.7. The fourth-order valence-electron chi connectivity index (χ4n) is 5.22. The summed E-state index contributed by atoms with van der Waals surface area (Å²) in [6, 6.07) is 17.5. The summed E-state index contributed by atoms with van der Waals surface area (Å²) in [5.74, 6) is -1.58. The van der Waals surface area contributed by atoms with Gasteiger partial charge in [-0.15, -0.1) is 0 Å². The molecule has 6 N–H and O–H groups in total. The number of hydrogen-bond acceptors (Lipinski definition) is 5. The summed E-state index contributed by atoms with van der Waals surface area (Å²) in [6.07, 6.45) is 2.98. The van der Waals surface area contributed by atoms with Crippen LogP contribution in [0.2, 0.25) is 0 Å². The van der Waals surface area contributed by atoms with Crippen molar-refractivity contribution in [3.63, 3.8) is 0 Å². The highest BCUT2D eigenvalue weighted by molar-refractivity contribution is 5.94. The van der Waals surface area contributed by atoms with Gasteiger partial charge in [0.1, 0.15) is 17.8 Å². The summed E-state index contributed by atoms with van der Waals surface area (Å²) in [5.41, 5.74) is 18.0. The summed E-state index contributed by atoms with van der Waals surface area (Å²) < 4.78 is 6.31. The second kappa shape index (κ2) is 11.3. The lowest BCUT2D eigenvalue weighted by molar-refractivity contribution is -0.142. The molecule has 3 aromatic carbocycles. The topological polar surface area (TPSA) is 136 Å². The van der Waals surface area contributed by atoms with Gasteiger partial charge >= 0.3 is 11.9 Å². The van der Waals surface area contributed by atoms with Crippen LogP contribution < -0.4 is 16.2 Å². The fraction of sp³-hybridized carbons (Fsp3) is 0.250. The van der Waals surface area contributed by atoms with Gasteiger partial charge in [0.2, 0.25) is 0 Å². The van der Waals surface area contributed by atoms with E-state index in [1.807, 2.05) is 38.1 Å². The molecule has 1 aliphatic carbocycles. The van der Waals surface area contributed by atoms with Crippen molar-refractivity contribution in [1.29, 1.82) is 0 Å². The molecule has 0 saturated carbocycles. The van der Waals surface area contributed by atoms with Crippen LogP contribution in [0, 0.1) is 13.8 Å². The van der Waals surface area contributed by atoms with Crippen molar-refractivity contribution in [2.75, 3.05) is 0 Å². The summed E-state index contributed by atoms with van der Waals surface area (Å²) in [4.78, 5) is 24.7. The van der Waals surface area contributed by atoms with Gasteiger partial charge in [0, 0.05) is 25.1 Å². The van der Waals surface area contributed by atoms with Gasteiger partial charge in [-0.1, -0.05) is 48.6 Å². The summed E-state index contributed by atoms with van der Waals surface area (Å²) in [5, 5.41) is 20.2. The molecule has 7 nitrogen and oxygen atoms in total. The summed E-state index contributed by atoms with van der Waals surface area (Å²) in [7, 11) is 0. The van der Waals surface area contributed by atoms with E-state index in [9.17, 15) is 19.8 Å². The number of aliphatic carboxylic acids is 2. The molecule has 0 spiro atoms. The van der Waals surface area contributed by atoms with Crippen molar-refractivity contribution in [1.82, 2.24) is 0 Å². The number of carboxylic acids is 2. The highest BCUT2D eigenvalue weighted by Crippen LogP contribution is 2.41. The van der Waals surface area contributed by atoms with Gasteiger partial charge in [-0.25, -0.2) is 4.79 Å². The van der Waals surface area contributed by atoms with Crippen molar-refractivity contribution < 1.29 is 24.5 Å². The predicted octanol–water partition coefficient (Wildman–Crippen LogP) is 5.15. The first-order chi connectivity index (χ1) is 18.6. The number of benzene rings is 3. The molecule has 202 valence electrons. The second-order valence-electron chi connectivity index (χ2n) is 10.0. The van der Waals surface area contributed by atoms with Gasteiger partial charge in [0.15, 0.2) is 0 Å². The average Bonchev–Trinajstić information content (AvgIpc) is 2.93. The number of nitrogens with two attached hydrogens (primary N) is 2. The van der Waals surface area contributed by atoms with E-state index in [1.165, 1.54) is 0 Å². The number of ether oxygens (including phenoxy) is 1. The molecule has 0 radical (unpaired) electrons. The van der Waals surface area contributed by atoms with E-state index in [4.69, 9.17) is 16.2 Å². The number of carbonyl (C=O) groups is 2. The van der Waals surface area contributed by atoms with E-state index in [0.717, 1.165) is 33.4 Å². The van der Waals surface area contributed by atoms with E-state index in [-0.39, 0.29) is 25.1 Å². The molecule has 0 heterocycles. The van der Waals surface area contributed by atoms with Crippen molar-refractivity contribution in [2.24, 2.45) is 11.5 Å². The van der Waals surface area contributed by atoms with E-state index >= 15 is 0 Å². The molecule has 0 fully saturated rings. The maximum Gasteiger partial charge on any atom is 0.331 e. The van der Waals surface area contributed by atoms with Crippen molar-refractivity contribution in [3.05, 3.63) is 111 Å². The van der Waals surface area contributed by atoms with Crippen LogP contribution in [0.4, 0.5) is 0 Å². The van der Waals surface area contributed by atoms with Crippen LogP contribution in [-0.4, -0.2) is 22.2 Å². The molecule has 3 aromatic rings. The van der Waals surface area contributed by atoms with Gasteiger partial charge in [-0.2, -0.15) is 0 Å². The van der Waals surface area contributed by atoms with E-state index in [0.29, 0.717) is 29.0 Å². The minimum atomic E-state index is -1.56. The number of allylic oxidation sites excluding steroid dienone is 2. The molecule has 0 amide bonds. The molecule has 1 aliphatic rings. The highest BCUT2D eigenvalue weighted by atomic mass is 16.5. The Balaban J connectivity index is 1.72. The molecule has 4 rings (SSSR count). The molecule has 1 unspecified atom stereocenters. The quantitative estimate of drug-likeness (QED) is 0.303. The Labute approximate surface area is 228 Å². The van der Waals surface area contributed by atoms with Crippen molar-refractivity contribution in [2.45, 2.75) is 52.3 Å². The van der Waals surface area contributed by atoms with Crippen molar-refractivity contribution >= 4 is 11.9 Å². The minimum absolute atomic E-state index is 0.0747. The Morgan fingerprint density at radius 1 is 0.949 bits per heavy atom. The molecule has 0 aromatic heterocycles. The largest absolute Gasteiger partial charge is 0.489 e. The Bertz CT molecular complexity index is 1500. The van der Waals surface area contributed by atoms with Crippen LogP contribution >= 0.6 is 0 Å². The lowest BCUT2D eigenvalue weighted by atomic mass is 9.69. The third-order valence-corrected chi connectivity index (χ3v) is 7.53. The van der Waals surface area contributed by atoms with Crippen LogP contribution in [0.15, 0.2) is 77.9 Å². The normalized spacial score (nSPS) is 16.8. The highest BCUT2D eigenvalue weighted by Gasteiger charge is 2.44. The van der Waals surface area contributed by atoms with E-state index in [1.54, 1.807) is 31.2 Å². The molecule has 39 heavy (non-hydrogen) atoms. The molecule has 1 atom stereocenters. The number of aryl methyl sites for hydroxylation is 2. The Hall–Kier alpha value is -4.20.